The third-order valence-corrected chi connectivity index (χ3v) is 4.10. The minimum atomic E-state index is 0.477. The van der Waals surface area contributed by atoms with Gasteiger partial charge in [-0.2, -0.15) is 0 Å². The Morgan fingerprint density at radius 3 is 1.28 bits per heavy atom. The molecule has 0 amide bonds. The van der Waals surface area contributed by atoms with Crippen molar-refractivity contribution in [3.8, 4) is 0 Å². The maximum Gasteiger partial charge on any atom is 0.0824 e. The Labute approximate surface area is 151 Å². The first-order chi connectivity index (χ1) is 11.9. The summed E-state index contributed by atoms with van der Waals surface area (Å²) < 4.78 is 5.59. The first kappa shape index (κ1) is 19.1. The van der Waals surface area contributed by atoms with Crippen LogP contribution in [0.2, 0.25) is 0 Å². The molecule has 0 aromatic heterocycles. The van der Waals surface area contributed by atoms with Crippen molar-refractivity contribution in [3.63, 3.8) is 0 Å². The highest BCUT2D eigenvalue weighted by Gasteiger charge is 2.02. The number of nitrogens with zero attached hydrogens (tertiary/aromatic N) is 2. The SMILES string of the molecule is Cc1cc(C)c(N=CCOCC=Nc2c(C)cc(C)cc2C)c(C)c1. The summed E-state index contributed by atoms with van der Waals surface area (Å²) in [6, 6.07) is 8.61. The van der Waals surface area contributed by atoms with E-state index in [2.05, 4.69) is 75.8 Å². The molecule has 0 heterocycles. The van der Waals surface area contributed by atoms with E-state index in [1.54, 1.807) is 0 Å². The molecule has 0 bridgehead atoms. The minimum absolute atomic E-state index is 0.477. The lowest BCUT2D eigenvalue weighted by Crippen LogP contribution is -1.99. The number of hydrogen-bond acceptors (Lipinski definition) is 3. The second-order valence-corrected chi connectivity index (χ2v) is 6.66. The van der Waals surface area contributed by atoms with Gasteiger partial charge >= 0.3 is 0 Å². The van der Waals surface area contributed by atoms with Crippen molar-refractivity contribution in [1.29, 1.82) is 0 Å². The fraction of sp³-hybridized carbons (Fsp3) is 0.364. The summed E-state index contributed by atoms with van der Waals surface area (Å²) in [5.41, 5.74) is 9.39. The van der Waals surface area contributed by atoms with Crippen LogP contribution in [-0.4, -0.2) is 25.6 Å². The standard InChI is InChI=1S/C22H28N2O/c1-15-11-17(3)21(18(4)12-15)23-7-9-25-10-8-24-22-19(5)13-16(2)14-20(22)6/h7-8,11-14H,9-10H2,1-6H3. The number of aliphatic imine (C=N–C) groups is 2. The van der Waals surface area contributed by atoms with E-state index in [-0.39, 0.29) is 0 Å². The lowest BCUT2D eigenvalue weighted by Gasteiger charge is -2.06. The summed E-state index contributed by atoms with van der Waals surface area (Å²) >= 11 is 0. The Morgan fingerprint density at radius 2 is 0.960 bits per heavy atom. The molecule has 0 saturated heterocycles. The number of hydrogen-bond donors (Lipinski definition) is 0. The maximum absolute atomic E-state index is 5.59. The molecule has 0 fully saturated rings. The maximum atomic E-state index is 5.59. The molecule has 0 unspecified atom stereocenters. The molecular formula is C22H28N2O. The van der Waals surface area contributed by atoms with Gasteiger partial charge in [0.05, 0.1) is 24.6 Å². The zero-order valence-electron chi connectivity index (χ0n) is 16.2. The number of aryl methyl sites for hydroxylation is 6. The first-order valence-electron chi connectivity index (χ1n) is 8.67. The van der Waals surface area contributed by atoms with Gasteiger partial charge in [0.1, 0.15) is 0 Å². The monoisotopic (exact) mass is 336 g/mol. The largest absolute Gasteiger partial charge is 0.370 e. The van der Waals surface area contributed by atoms with E-state index in [1.165, 1.54) is 33.4 Å². The van der Waals surface area contributed by atoms with Gasteiger partial charge in [0.2, 0.25) is 0 Å². The van der Waals surface area contributed by atoms with Crippen LogP contribution in [0, 0.1) is 41.5 Å². The summed E-state index contributed by atoms with van der Waals surface area (Å²) in [6.07, 6.45) is 3.64. The van der Waals surface area contributed by atoms with E-state index in [9.17, 15) is 0 Å². The van der Waals surface area contributed by atoms with Crippen molar-refractivity contribution in [2.24, 2.45) is 9.98 Å². The molecule has 0 atom stereocenters. The summed E-state index contributed by atoms with van der Waals surface area (Å²) in [4.78, 5) is 9.09. The van der Waals surface area contributed by atoms with Crippen molar-refractivity contribution >= 4 is 23.8 Å². The van der Waals surface area contributed by atoms with Crippen molar-refractivity contribution in [3.05, 3.63) is 57.6 Å². The predicted molar refractivity (Wildman–Crippen MR) is 108 cm³/mol. The molecule has 0 radical (unpaired) electrons. The van der Waals surface area contributed by atoms with Crippen LogP contribution >= 0.6 is 0 Å². The Balaban J connectivity index is 1.86. The minimum Gasteiger partial charge on any atom is -0.370 e. The lowest BCUT2D eigenvalue weighted by atomic mass is 10.1. The van der Waals surface area contributed by atoms with E-state index in [4.69, 9.17) is 4.74 Å². The molecule has 0 aliphatic rings. The Bertz CT molecular complexity index is 690. The third-order valence-electron chi connectivity index (χ3n) is 4.10. The van der Waals surface area contributed by atoms with Crippen molar-refractivity contribution in [2.45, 2.75) is 41.5 Å². The van der Waals surface area contributed by atoms with Crippen LogP contribution in [0.1, 0.15) is 33.4 Å². The van der Waals surface area contributed by atoms with E-state index in [0.29, 0.717) is 13.2 Å². The lowest BCUT2D eigenvalue weighted by molar-refractivity contribution is 0.220. The van der Waals surface area contributed by atoms with E-state index in [0.717, 1.165) is 11.4 Å². The van der Waals surface area contributed by atoms with Gasteiger partial charge in [0.25, 0.3) is 0 Å². The highest BCUT2D eigenvalue weighted by Crippen LogP contribution is 2.25. The zero-order valence-corrected chi connectivity index (χ0v) is 16.2. The van der Waals surface area contributed by atoms with Gasteiger partial charge in [0, 0.05) is 12.4 Å². The molecule has 3 heteroatoms. The van der Waals surface area contributed by atoms with Crippen LogP contribution in [0.25, 0.3) is 0 Å². The van der Waals surface area contributed by atoms with Crippen LogP contribution in [0.3, 0.4) is 0 Å². The average molecular weight is 336 g/mol. The van der Waals surface area contributed by atoms with Crippen LogP contribution in [0.5, 0.6) is 0 Å². The van der Waals surface area contributed by atoms with Gasteiger partial charge in [0.15, 0.2) is 0 Å². The normalized spacial score (nSPS) is 11.8. The quantitative estimate of drug-likeness (QED) is 0.495. The Kier molecular flexibility index (Phi) is 6.65. The summed E-state index contributed by atoms with van der Waals surface area (Å²) in [7, 11) is 0. The predicted octanol–water partition coefficient (Wildman–Crippen LogP) is 5.66. The van der Waals surface area contributed by atoms with E-state index >= 15 is 0 Å². The molecule has 25 heavy (non-hydrogen) atoms. The van der Waals surface area contributed by atoms with Gasteiger partial charge in [-0.15, -0.1) is 0 Å². The summed E-state index contributed by atoms with van der Waals surface area (Å²) in [5.74, 6) is 0. The van der Waals surface area contributed by atoms with Crippen LogP contribution < -0.4 is 0 Å². The molecule has 2 aromatic carbocycles. The van der Waals surface area contributed by atoms with Gasteiger partial charge in [-0.05, 0) is 63.8 Å². The highest BCUT2D eigenvalue weighted by atomic mass is 16.5. The second kappa shape index (κ2) is 8.72. The highest BCUT2D eigenvalue weighted by molar-refractivity contribution is 5.69. The number of benzene rings is 2. The molecule has 0 aliphatic heterocycles. The fourth-order valence-electron chi connectivity index (χ4n) is 3.18. The molecule has 0 saturated carbocycles. The van der Waals surface area contributed by atoms with E-state index < -0.39 is 0 Å². The number of ether oxygens (including phenoxy) is 1. The molecular weight excluding hydrogens is 308 g/mol. The molecule has 132 valence electrons. The Morgan fingerprint density at radius 1 is 0.640 bits per heavy atom. The van der Waals surface area contributed by atoms with Crippen molar-refractivity contribution < 1.29 is 4.74 Å². The van der Waals surface area contributed by atoms with Gasteiger partial charge in [-0.25, -0.2) is 0 Å². The van der Waals surface area contributed by atoms with Crippen molar-refractivity contribution in [1.82, 2.24) is 0 Å². The topological polar surface area (TPSA) is 34.0 Å². The third kappa shape index (κ3) is 5.36. The first-order valence-corrected chi connectivity index (χ1v) is 8.67. The van der Waals surface area contributed by atoms with Gasteiger partial charge < -0.3 is 4.74 Å². The zero-order chi connectivity index (χ0) is 18.4. The van der Waals surface area contributed by atoms with Crippen LogP contribution in [0.15, 0.2) is 34.3 Å². The molecule has 0 aliphatic carbocycles. The van der Waals surface area contributed by atoms with Crippen LogP contribution in [-0.2, 0) is 4.74 Å². The fourth-order valence-corrected chi connectivity index (χ4v) is 3.18. The molecule has 2 rings (SSSR count). The molecule has 3 nitrogen and oxygen atoms in total. The summed E-state index contributed by atoms with van der Waals surface area (Å²) in [6.45, 7) is 13.5. The molecule has 2 aromatic rings. The van der Waals surface area contributed by atoms with Gasteiger partial charge in [-0.3, -0.25) is 9.98 Å². The van der Waals surface area contributed by atoms with Gasteiger partial charge in [-0.1, -0.05) is 35.4 Å². The average Bonchev–Trinajstić information content (AvgIpc) is 2.50. The van der Waals surface area contributed by atoms with Crippen molar-refractivity contribution in [2.75, 3.05) is 13.2 Å². The molecule has 0 N–H and O–H groups in total. The van der Waals surface area contributed by atoms with Crippen LogP contribution in [0.4, 0.5) is 11.4 Å². The smallest absolute Gasteiger partial charge is 0.0824 e. The Hall–Kier alpha value is -2.26. The summed E-state index contributed by atoms with van der Waals surface area (Å²) in [5, 5.41) is 0. The van der Waals surface area contributed by atoms with E-state index in [1.807, 2.05) is 12.4 Å². The second-order valence-electron chi connectivity index (χ2n) is 6.66. The molecule has 0 spiro atoms. The number of rotatable bonds is 6.